The molecule has 0 aliphatic heterocycles. The summed E-state index contributed by atoms with van der Waals surface area (Å²) in [6.45, 7) is 3.31. The van der Waals surface area contributed by atoms with Gasteiger partial charge in [-0.1, -0.05) is 0 Å². The van der Waals surface area contributed by atoms with Crippen molar-refractivity contribution in [3.05, 3.63) is 55.9 Å². The van der Waals surface area contributed by atoms with Crippen molar-refractivity contribution in [3.63, 3.8) is 0 Å². The minimum absolute atomic E-state index is 0.0671. The van der Waals surface area contributed by atoms with Gasteiger partial charge in [-0.15, -0.1) is 11.3 Å². The van der Waals surface area contributed by atoms with Crippen LogP contribution in [0.25, 0.3) is 0 Å². The Bertz CT molecular complexity index is 903. The van der Waals surface area contributed by atoms with Gasteiger partial charge in [0.05, 0.1) is 24.2 Å². The van der Waals surface area contributed by atoms with Crippen LogP contribution in [0, 0.1) is 17.0 Å². The van der Waals surface area contributed by atoms with Crippen molar-refractivity contribution < 1.29 is 28.8 Å². The number of rotatable bonds is 6. The summed E-state index contributed by atoms with van der Waals surface area (Å²) in [6, 6.07) is 4.97. The summed E-state index contributed by atoms with van der Waals surface area (Å²) < 4.78 is 9.69. The number of esters is 2. The van der Waals surface area contributed by atoms with E-state index in [1.165, 1.54) is 31.4 Å². The highest BCUT2D eigenvalue weighted by Gasteiger charge is 2.27. The van der Waals surface area contributed by atoms with Crippen LogP contribution in [0.5, 0.6) is 0 Å². The molecule has 1 aromatic heterocycles. The number of non-ortho nitro benzene ring substituents is 1. The lowest BCUT2D eigenvalue weighted by molar-refractivity contribution is -0.384. The molecule has 1 N–H and O–H groups in total. The average molecular weight is 392 g/mol. The predicted octanol–water partition coefficient (Wildman–Crippen LogP) is 3.18. The van der Waals surface area contributed by atoms with Crippen LogP contribution in [0.3, 0.4) is 0 Å². The van der Waals surface area contributed by atoms with E-state index in [4.69, 9.17) is 9.47 Å². The summed E-state index contributed by atoms with van der Waals surface area (Å²) in [6.07, 6.45) is 0. The van der Waals surface area contributed by atoms with E-state index in [0.717, 1.165) is 11.3 Å². The summed E-state index contributed by atoms with van der Waals surface area (Å²) in [5.74, 6) is -1.91. The van der Waals surface area contributed by atoms with Crippen LogP contribution in [0.1, 0.15) is 42.9 Å². The van der Waals surface area contributed by atoms with E-state index in [-0.39, 0.29) is 33.3 Å². The van der Waals surface area contributed by atoms with E-state index in [1.807, 2.05) is 0 Å². The molecule has 1 heterocycles. The van der Waals surface area contributed by atoms with Gasteiger partial charge in [0.2, 0.25) is 0 Å². The van der Waals surface area contributed by atoms with Crippen LogP contribution in [0.15, 0.2) is 24.3 Å². The first kappa shape index (κ1) is 20.0. The Kier molecular flexibility index (Phi) is 6.24. The number of nitrogens with zero attached hydrogens (tertiary/aromatic N) is 1. The van der Waals surface area contributed by atoms with Crippen molar-refractivity contribution in [1.29, 1.82) is 0 Å². The Balaban J connectivity index is 2.38. The average Bonchev–Trinajstić information content (AvgIpc) is 2.97. The fourth-order valence-electron chi connectivity index (χ4n) is 2.25. The molecule has 0 spiro atoms. The number of nitrogens with one attached hydrogen (secondary N) is 1. The predicted molar refractivity (Wildman–Crippen MR) is 97.4 cm³/mol. The van der Waals surface area contributed by atoms with Gasteiger partial charge < -0.3 is 14.8 Å². The van der Waals surface area contributed by atoms with Crippen molar-refractivity contribution in [3.8, 4) is 0 Å². The number of nitro benzene ring substituents is 1. The summed E-state index contributed by atoms with van der Waals surface area (Å²) in [7, 11) is 1.21. The van der Waals surface area contributed by atoms with Crippen LogP contribution in [-0.2, 0) is 9.47 Å². The van der Waals surface area contributed by atoms with Gasteiger partial charge in [-0.05, 0) is 31.5 Å². The van der Waals surface area contributed by atoms with E-state index >= 15 is 0 Å². The van der Waals surface area contributed by atoms with E-state index in [9.17, 15) is 24.5 Å². The second kappa shape index (κ2) is 8.41. The Labute approximate surface area is 158 Å². The number of anilines is 1. The molecule has 0 bridgehead atoms. The number of ether oxygens (including phenoxy) is 2. The van der Waals surface area contributed by atoms with Crippen LogP contribution in [0.4, 0.5) is 10.7 Å². The Hall–Kier alpha value is -3.27. The Morgan fingerprint density at radius 3 is 2.33 bits per heavy atom. The standard InChI is InChI=1S/C17H16N2O7S/c1-4-26-16(21)12-9(2)13(17(22)25-3)27-15(12)18-14(20)10-5-7-11(8-6-10)19(23)24/h5-8H,4H2,1-3H3,(H,18,20). The first-order valence-corrected chi connectivity index (χ1v) is 8.56. The molecule has 0 radical (unpaired) electrons. The highest BCUT2D eigenvalue weighted by Crippen LogP contribution is 2.34. The van der Waals surface area contributed by atoms with Gasteiger partial charge in [-0.2, -0.15) is 0 Å². The van der Waals surface area contributed by atoms with Gasteiger partial charge in [0.1, 0.15) is 9.88 Å². The second-order valence-corrected chi connectivity index (χ2v) is 6.25. The molecule has 1 amide bonds. The third kappa shape index (κ3) is 4.29. The molecule has 142 valence electrons. The van der Waals surface area contributed by atoms with E-state index in [2.05, 4.69) is 5.32 Å². The summed E-state index contributed by atoms with van der Waals surface area (Å²) >= 11 is 0.888. The Morgan fingerprint density at radius 1 is 1.19 bits per heavy atom. The fourth-order valence-corrected chi connectivity index (χ4v) is 3.36. The van der Waals surface area contributed by atoms with Crippen molar-refractivity contribution >= 4 is 39.9 Å². The fraction of sp³-hybridized carbons (Fsp3) is 0.235. The van der Waals surface area contributed by atoms with E-state index in [0.29, 0.717) is 5.56 Å². The first-order chi connectivity index (χ1) is 12.8. The van der Waals surface area contributed by atoms with E-state index in [1.54, 1.807) is 13.8 Å². The third-order valence-corrected chi connectivity index (χ3v) is 4.75. The molecule has 27 heavy (non-hydrogen) atoms. The minimum atomic E-state index is -0.680. The lowest BCUT2D eigenvalue weighted by Gasteiger charge is -2.07. The summed E-state index contributed by atoms with van der Waals surface area (Å²) in [5.41, 5.74) is 0.404. The lowest BCUT2D eigenvalue weighted by atomic mass is 10.1. The number of amides is 1. The molecule has 1 aromatic carbocycles. The molecule has 0 aliphatic carbocycles. The summed E-state index contributed by atoms with van der Waals surface area (Å²) in [5, 5.41) is 13.4. The number of nitro groups is 1. The maximum atomic E-state index is 12.4. The molecule has 0 atom stereocenters. The Morgan fingerprint density at radius 2 is 1.81 bits per heavy atom. The maximum Gasteiger partial charge on any atom is 0.348 e. The molecular formula is C17H16N2O7S. The number of methoxy groups -OCH3 is 1. The summed E-state index contributed by atoms with van der Waals surface area (Å²) in [4.78, 5) is 46.9. The third-order valence-electron chi connectivity index (χ3n) is 3.56. The van der Waals surface area contributed by atoms with Gasteiger partial charge in [-0.25, -0.2) is 9.59 Å². The zero-order valence-electron chi connectivity index (χ0n) is 14.7. The quantitative estimate of drug-likeness (QED) is 0.455. The number of thiophene rings is 1. The molecule has 2 rings (SSSR count). The van der Waals surface area contributed by atoms with Crippen molar-refractivity contribution in [1.82, 2.24) is 0 Å². The highest BCUT2D eigenvalue weighted by molar-refractivity contribution is 7.18. The largest absolute Gasteiger partial charge is 0.465 e. The molecule has 0 saturated heterocycles. The number of hydrogen-bond donors (Lipinski definition) is 1. The molecule has 10 heteroatoms. The molecule has 0 unspecified atom stereocenters. The zero-order chi connectivity index (χ0) is 20.1. The molecule has 2 aromatic rings. The number of carbonyl (C=O) groups is 3. The number of benzene rings is 1. The van der Waals surface area contributed by atoms with Crippen molar-refractivity contribution in [2.75, 3.05) is 19.0 Å². The number of carbonyl (C=O) groups excluding carboxylic acids is 3. The second-order valence-electron chi connectivity index (χ2n) is 5.23. The first-order valence-electron chi connectivity index (χ1n) is 7.74. The van der Waals surface area contributed by atoms with Gasteiger partial charge in [0, 0.05) is 17.7 Å². The van der Waals surface area contributed by atoms with Crippen LogP contribution in [0.2, 0.25) is 0 Å². The molecule has 0 aliphatic rings. The topological polar surface area (TPSA) is 125 Å². The number of hydrogen-bond acceptors (Lipinski definition) is 8. The highest BCUT2D eigenvalue weighted by atomic mass is 32.1. The lowest BCUT2D eigenvalue weighted by Crippen LogP contribution is -2.15. The van der Waals surface area contributed by atoms with Gasteiger partial charge in [0.25, 0.3) is 11.6 Å². The normalized spacial score (nSPS) is 10.2. The SMILES string of the molecule is CCOC(=O)c1c(NC(=O)c2ccc([N+](=O)[O-])cc2)sc(C(=O)OC)c1C. The monoisotopic (exact) mass is 392 g/mol. The minimum Gasteiger partial charge on any atom is -0.465 e. The van der Waals surface area contributed by atoms with Crippen LogP contribution in [-0.4, -0.2) is 36.5 Å². The van der Waals surface area contributed by atoms with Gasteiger partial charge >= 0.3 is 11.9 Å². The molecule has 0 saturated carbocycles. The molecular weight excluding hydrogens is 376 g/mol. The van der Waals surface area contributed by atoms with Gasteiger partial charge in [0.15, 0.2) is 0 Å². The van der Waals surface area contributed by atoms with Crippen LogP contribution >= 0.6 is 11.3 Å². The van der Waals surface area contributed by atoms with Crippen molar-refractivity contribution in [2.45, 2.75) is 13.8 Å². The van der Waals surface area contributed by atoms with Crippen LogP contribution < -0.4 is 5.32 Å². The molecule has 9 nitrogen and oxygen atoms in total. The smallest absolute Gasteiger partial charge is 0.348 e. The van der Waals surface area contributed by atoms with Gasteiger partial charge in [-0.3, -0.25) is 14.9 Å². The van der Waals surface area contributed by atoms with Crippen molar-refractivity contribution in [2.24, 2.45) is 0 Å². The zero-order valence-corrected chi connectivity index (χ0v) is 15.5. The van der Waals surface area contributed by atoms with E-state index < -0.39 is 22.8 Å². The molecule has 0 fully saturated rings. The maximum absolute atomic E-state index is 12.4.